The predicted octanol–water partition coefficient (Wildman–Crippen LogP) is 6.08. The van der Waals surface area contributed by atoms with Gasteiger partial charge >= 0.3 is 0 Å². The first-order valence-electron chi connectivity index (χ1n) is 11.3. The molecule has 3 heterocycles. The van der Waals surface area contributed by atoms with Crippen LogP contribution in [0.5, 0.6) is 5.75 Å². The third-order valence-electron chi connectivity index (χ3n) is 6.91. The maximum absolute atomic E-state index is 13.9. The minimum absolute atomic E-state index is 0. The average Bonchev–Trinajstić information content (AvgIpc) is 3.31. The highest BCUT2D eigenvalue weighted by Crippen LogP contribution is 2.44. The Kier molecular flexibility index (Phi) is 7.03. The number of benzene rings is 2. The van der Waals surface area contributed by atoms with E-state index in [0.717, 1.165) is 21.6 Å². The van der Waals surface area contributed by atoms with Crippen LogP contribution >= 0.6 is 23.7 Å². The fourth-order valence-electron chi connectivity index (χ4n) is 5.22. The maximum Gasteiger partial charge on any atom is 0.258 e. The Morgan fingerprint density at radius 1 is 1.20 bits per heavy atom. The fraction of sp³-hybridized carbons (Fsp3) is 0.308. The molecule has 0 aliphatic carbocycles. The number of rotatable bonds is 4. The van der Waals surface area contributed by atoms with Crippen molar-refractivity contribution in [3.8, 4) is 16.2 Å². The van der Waals surface area contributed by atoms with Gasteiger partial charge in [-0.1, -0.05) is 12.1 Å². The van der Waals surface area contributed by atoms with Gasteiger partial charge in [-0.2, -0.15) is 0 Å². The topological polar surface area (TPSA) is 60.9 Å². The lowest BCUT2D eigenvalue weighted by Gasteiger charge is -2.47. The third kappa shape index (κ3) is 4.72. The summed E-state index contributed by atoms with van der Waals surface area (Å²) in [5, 5.41) is 13.7. The quantitative estimate of drug-likeness (QED) is 0.441. The highest BCUT2D eigenvalue weighted by molar-refractivity contribution is 7.96. The van der Waals surface area contributed by atoms with E-state index in [4.69, 9.17) is 0 Å². The number of aromatic hydroxyl groups is 1. The van der Waals surface area contributed by atoms with Gasteiger partial charge in [-0.05, 0) is 85.7 Å². The van der Waals surface area contributed by atoms with Gasteiger partial charge < -0.3 is 5.11 Å². The van der Waals surface area contributed by atoms with E-state index in [2.05, 4.69) is 11.8 Å². The van der Waals surface area contributed by atoms with E-state index in [1.807, 2.05) is 30.5 Å². The number of anilines is 1. The highest BCUT2D eigenvalue weighted by Gasteiger charge is 2.49. The van der Waals surface area contributed by atoms with Gasteiger partial charge in [0, 0.05) is 35.0 Å². The van der Waals surface area contributed by atoms with E-state index < -0.39 is 21.4 Å². The molecule has 0 radical (unpaired) electrons. The summed E-state index contributed by atoms with van der Waals surface area (Å²) in [4.78, 5) is 3.41. The molecule has 1 saturated heterocycles. The van der Waals surface area contributed by atoms with Crippen LogP contribution in [0.25, 0.3) is 10.4 Å². The van der Waals surface area contributed by atoms with Crippen LogP contribution in [0.2, 0.25) is 0 Å². The minimum atomic E-state index is -3.66. The summed E-state index contributed by atoms with van der Waals surface area (Å²) in [7, 11) is -3.66. The first kappa shape index (κ1) is 25.7. The van der Waals surface area contributed by atoms with Crippen molar-refractivity contribution in [2.24, 2.45) is 0 Å². The van der Waals surface area contributed by atoms with E-state index in [0.29, 0.717) is 31.6 Å². The fourth-order valence-corrected chi connectivity index (χ4v) is 7.86. The van der Waals surface area contributed by atoms with E-state index in [-0.39, 0.29) is 24.2 Å². The molecule has 1 spiro atoms. The normalized spacial score (nSPS) is 23.5. The first-order valence-corrected chi connectivity index (χ1v) is 13.7. The van der Waals surface area contributed by atoms with Gasteiger partial charge in [0.25, 0.3) is 10.0 Å². The van der Waals surface area contributed by atoms with Crippen molar-refractivity contribution >= 4 is 39.5 Å². The molecule has 0 bridgehead atoms. The van der Waals surface area contributed by atoms with Gasteiger partial charge in [-0.3, -0.25) is 9.21 Å². The summed E-state index contributed by atoms with van der Waals surface area (Å²) in [5.41, 5.74) is 2.74. The Labute approximate surface area is 216 Å². The second kappa shape index (κ2) is 9.58. The van der Waals surface area contributed by atoms with Crippen molar-refractivity contribution in [2.75, 3.05) is 10.8 Å². The summed E-state index contributed by atoms with van der Waals surface area (Å²) in [6, 6.07) is 13.7. The zero-order valence-corrected chi connectivity index (χ0v) is 22.0. The molecule has 0 saturated carbocycles. The van der Waals surface area contributed by atoms with Crippen LogP contribution in [0.3, 0.4) is 0 Å². The van der Waals surface area contributed by atoms with Gasteiger partial charge in [-0.15, -0.1) is 23.7 Å². The van der Waals surface area contributed by atoms with Gasteiger partial charge in [0.1, 0.15) is 11.6 Å². The van der Waals surface area contributed by atoms with Crippen LogP contribution in [-0.2, 0) is 16.6 Å². The van der Waals surface area contributed by atoms with E-state index in [1.54, 1.807) is 35.6 Å². The van der Waals surface area contributed by atoms with Crippen molar-refractivity contribution in [1.29, 1.82) is 0 Å². The number of nitrogens with zero attached hydrogens (tertiary/aromatic N) is 2. The number of sulfonamides is 1. The van der Waals surface area contributed by atoms with Crippen LogP contribution in [0, 0.1) is 12.7 Å². The lowest BCUT2D eigenvalue weighted by molar-refractivity contribution is 0.120. The van der Waals surface area contributed by atoms with Gasteiger partial charge in [0.05, 0.1) is 11.2 Å². The summed E-state index contributed by atoms with van der Waals surface area (Å²) >= 11 is 1.61. The molecule has 3 aromatic rings. The van der Waals surface area contributed by atoms with E-state index >= 15 is 0 Å². The molecule has 2 aliphatic rings. The summed E-state index contributed by atoms with van der Waals surface area (Å²) in [6.07, 6.45) is 2.99. The number of hydrogen-bond acceptors (Lipinski definition) is 5. The van der Waals surface area contributed by atoms with Crippen LogP contribution in [0.4, 0.5) is 10.1 Å². The summed E-state index contributed by atoms with van der Waals surface area (Å²) < 4.78 is 41.2. The van der Waals surface area contributed by atoms with Crippen molar-refractivity contribution in [2.45, 2.75) is 44.8 Å². The van der Waals surface area contributed by atoms with E-state index in [9.17, 15) is 17.9 Å². The zero-order valence-electron chi connectivity index (χ0n) is 19.5. The number of piperidine rings is 1. The second-order valence-electron chi connectivity index (χ2n) is 9.25. The molecule has 2 aliphatic heterocycles. The largest absolute Gasteiger partial charge is 0.507 e. The number of halogens is 2. The highest BCUT2D eigenvalue weighted by atomic mass is 35.5. The Morgan fingerprint density at radius 3 is 2.69 bits per heavy atom. The van der Waals surface area contributed by atoms with Crippen LogP contribution in [0.1, 0.15) is 30.9 Å². The molecular formula is C26H28ClFN2O3S2. The van der Waals surface area contributed by atoms with Gasteiger partial charge in [0.2, 0.25) is 0 Å². The molecule has 2 atom stereocenters. The van der Waals surface area contributed by atoms with Gasteiger partial charge in [0.15, 0.2) is 0 Å². The molecule has 0 amide bonds. The second-order valence-corrected chi connectivity index (χ2v) is 11.8. The zero-order chi connectivity index (χ0) is 24.1. The molecule has 35 heavy (non-hydrogen) atoms. The van der Waals surface area contributed by atoms with E-state index in [1.165, 1.54) is 21.8 Å². The molecule has 5 rings (SSSR count). The van der Waals surface area contributed by atoms with Gasteiger partial charge in [-0.25, -0.2) is 12.8 Å². The molecule has 0 unspecified atom stereocenters. The molecular weight excluding hydrogens is 507 g/mol. The number of hydrogen-bond donors (Lipinski definition) is 1. The molecule has 1 fully saturated rings. The Balaban J connectivity index is 0.00000289. The van der Waals surface area contributed by atoms with Crippen molar-refractivity contribution in [3.63, 3.8) is 0 Å². The van der Waals surface area contributed by atoms with Crippen molar-refractivity contribution < 1.29 is 17.9 Å². The average molecular weight is 535 g/mol. The number of aryl methyl sites for hydroxylation is 1. The van der Waals surface area contributed by atoms with Crippen molar-refractivity contribution in [1.82, 2.24) is 4.90 Å². The summed E-state index contributed by atoms with van der Waals surface area (Å²) in [5.74, 6) is -0.184. The smallest absolute Gasteiger partial charge is 0.258 e. The Bertz CT molecular complexity index is 1370. The van der Waals surface area contributed by atoms with Crippen LogP contribution in [0.15, 0.2) is 65.4 Å². The van der Waals surface area contributed by atoms with Crippen molar-refractivity contribution in [3.05, 3.63) is 82.3 Å². The number of thiophene rings is 1. The maximum atomic E-state index is 13.9. The SMILES string of the molecule is Cc1ccsc1-c1cc(CN2CC[C@]3(C=CS(=O)(=O)N3c3cccc(F)c3)C[C@@H]2C)ccc1O.Cl. The Morgan fingerprint density at radius 2 is 2.00 bits per heavy atom. The van der Waals surface area contributed by atoms with Crippen LogP contribution < -0.4 is 4.31 Å². The molecule has 186 valence electrons. The molecule has 1 aromatic heterocycles. The molecule has 9 heteroatoms. The lowest BCUT2D eigenvalue weighted by atomic mass is 9.83. The standard InChI is InChI=1S/C26H27FN2O3S2.ClH/c1-18-8-12-33-25(18)23-14-20(6-7-24(23)30)17-28-11-9-26(16-19(28)2)10-13-34(31,32)29(26)22-5-3-4-21(27)15-22;/h3-8,10,12-15,19,30H,9,11,16-17H2,1-2H3;1H/t19-,26-;/m0./s1. The molecule has 5 nitrogen and oxygen atoms in total. The lowest BCUT2D eigenvalue weighted by Crippen LogP contribution is -2.56. The first-order chi connectivity index (χ1) is 16.2. The minimum Gasteiger partial charge on any atom is -0.507 e. The number of phenols is 1. The summed E-state index contributed by atoms with van der Waals surface area (Å²) in [6.45, 7) is 5.54. The Hall–Kier alpha value is -2.39. The predicted molar refractivity (Wildman–Crippen MR) is 142 cm³/mol. The number of phenolic OH excluding ortho intramolecular Hbond substituents is 1. The molecule has 1 N–H and O–H groups in total. The third-order valence-corrected chi connectivity index (χ3v) is 9.52. The number of likely N-dealkylation sites (tertiary alicyclic amines) is 1. The molecule has 2 aromatic carbocycles. The van der Waals surface area contributed by atoms with Crippen LogP contribution in [-0.4, -0.2) is 36.5 Å². The monoisotopic (exact) mass is 534 g/mol.